The normalized spacial score (nSPS) is 14.4. The summed E-state index contributed by atoms with van der Waals surface area (Å²) in [6, 6.07) is 16.7. The third-order valence-electron chi connectivity index (χ3n) is 6.65. The number of nitrogens with two attached hydrogens (primary N) is 1. The molecule has 0 aliphatic carbocycles. The average molecular weight is 493 g/mol. The van der Waals surface area contributed by atoms with Gasteiger partial charge >= 0.3 is 0 Å². The zero-order valence-electron chi connectivity index (χ0n) is 21.1. The molecule has 2 aromatic carbocycles. The Kier molecular flexibility index (Phi) is 7.93. The molecule has 0 amide bonds. The van der Waals surface area contributed by atoms with Crippen LogP contribution in [0.4, 0.5) is 28.0 Å². The summed E-state index contributed by atoms with van der Waals surface area (Å²) in [5.74, 6) is 0.157. The highest BCUT2D eigenvalue weighted by Crippen LogP contribution is 2.31. The Morgan fingerprint density at radius 3 is 2.23 bits per heavy atom. The maximum absolute atomic E-state index is 13.1. The summed E-state index contributed by atoms with van der Waals surface area (Å²) in [6.07, 6.45) is 0. The fraction of sp³-hybridized carbons (Fsp3) is 0.407. The summed E-state index contributed by atoms with van der Waals surface area (Å²) in [4.78, 5) is 25.1. The smallest absolute Gasteiger partial charge is 0.206 e. The third kappa shape index (κ3) is 5.77. The number of nitrogens with zero attached hydrogens (tertiary/aromatic N) is 4. The summed E-state index contributed by atoms with van der Waals surface area (Å²) in [5, 5.41) is 3.92. The Morgan fingerprint density at radius 1 is 1.03 bits per heavy atom. The molecule has 186 valence electrons. The van der Waals surface area contributed by atoms with Gasteiger partial charge in [0.1, 0.15) is 10.7 Å². The lowest BCUT2D eigenvalue weighted by Gasteiger charge is -2.38. The Hall–Kier alpha value is -3.10. The number of benzene rings is 2. The van der Waals surface area contributed by atoms with Gasteiger partial charge in [0.05, 0.1) is 0 Å². The lowest BCUT2D eigenvalue weighted by atomic mass is 10.1. The predicted octanol–water partition coefficient (Wildman–Crippen LogP) is 5.08. The van der Waals surface area contributed by atoms with Crippen LogP contribution in [0.2, 0.25) is 0 Å². The molecule has 1 aliphatic rings. The molecule has 1 aliphatic heterocycles. The zero-order valence-corrected chi connectivity index (χ0v) is 21.9. The van der Waals surface area contributed by atoms with Gasteiger partial charge in [0.15, 0.2) is 5.13 Å². The van der Waals surface area contributed by atoms with Gasteiger partial charge in [0, 0.05) is 67.9 Å². The highest BCUT2D eigenvalue weighted by Gasteiger charge is 2.20. The van der Waals surface area contributed by atoms with E-state index in [2.05, 4.69) is 77.0 Å². The number of ketones is 1. The Morgan fingerprint density at radius 2 is 1.66 bits per heavy atom. The van der Waals surface area contributed by atoms with Crippen LogP contribution in [0.25, 0.3) is 0 Å². The van der Waals surface area contributed by atoms with Crippen molar-refractivity contribution in [1.82, 2.24) is 9.88 Å². The highest BCUT2D eigenvalue weighted by molar-refractivity contribution is 7.18. The van der Waals surface area contributed by atoms with Crippen molar-refractivity contribution in [2.24, 2.45) is 0 Å². The summed E-state index contributed by atoms with van der Waals surface area (Å²) in [7, 11) is 0. The van der Waals surface area contributed by atoms with E-state index in [0.717, 1.165) is 50.6 Å². The number of thiazole rings is 1. The number of carbonyl (C=O) groups is 1. The molecule has 8 heteroatoms. The van der Waals surface area contributed by atoms with Crippen LogP contribution in [0, 0.1) is 0 Å². The van der Waals surface area contributed by atoms with Crippen LogP contribution in [0.5, 0.6) is 0 Å². The van der Waals surface area contributed by atoms with Crippen LogP contribution in [0.15, 0.2) is 48.5 Å². The van der Waals surface area contributed by atoms with Gasteiger partial charge in [-0.25, -0.2) is 4.98 Å². The van der Waals surface area contributed by atoms with E-state index in [4.69, 9.17) is 5.73 Å². The first kappa shape index (κ1) is 25.0. The topological polar surface area (TPSA) is 77.7 Å². The molecule has 2 heterocycles. The minimum Gasteiger partial charge on any atom is -0.382 e. The van der Waals surface area contributed by atoms with Crippen molar-refractivity contribution in [3.8, 4) is 0 Å². The van der Waals surface area contributed by atoms with E-state index in [1.807, 2.05) is 24.3 Å². The third-order valence-corrected chi connectivity index (χ3v) is 7.63. The summed E-state index contributed by atoms with van der Waals surface area (Å²) in [5.41, 5.74) is 10.00. The molecule has 0 unspecified atom stereocenters. The minimum absolute atomic E-state index is 0.102. The van der Waals surface area contributed by atoms with Crippen molar-refractivity contribution < 1.29 is 4.79 Å². The maximum atomic E-state index is 13.1. The number of hydrogen-bond acceptors (Lipinski definition) is 8. The number of aromatic nitrogens is 1. The van der Waals surface area contributed by atoms with E-state index < -0.39 is 0 Å². The molecule has 0 spiro atoms. The molecule has 0 saturated carbocycles. The standard InChI is InChI=1S/C27H36N6OS/c1-5-31(6-2)22-11-7-20(8-12-22)24(34)25-26(28)30-27(35-25)29-21-9-13-23(14-10-21)33-17-15-32(16-18-33)19(3)4/h7-14,19H,5-6,15-18,28H2,1-4H3,(H,29,30). The fourth-order valence-corrected chi connectivity index (χ4v) is 5.33. The second kappa shape index (κ2) is 11.1. The van der Waals surface area contributed by atoms with Crippen molar-refractivity contribution in [3.63, 3.8) is 0 Å². The number of hydrogen-bond donors (Lipinski definition) is 2. The zero-order chi connectivity index (χ0) is 24.9. The second-order valence-electron chi connectivity index (χ2n) is 9.07. The first-order chi connectivity index (χ1) is 16.9. The molecule has 3 aromatic rings. The molecule has 1 aromatic heterocycles. The van der Waals surface area contributed by atoms with Crippen LogP contribution in [-0.4, -0.2) is 61.0 Å². The number of rotatable bonds is 9. The molecular formula is C27H36N6OS. The molecule has 3 N–H and O–H groups in total. The van der Waals surface area contributed by atoms with E-state index in [9.17, 15) is 4.79 Å². The van der Waals surface area contributed by atoms with Gasteiger partial charge in [-0.1, -0.05) is 11.3 Å². The summed E-state index contributed by atoms with van der Waals surface area (Å²) in [6.45, 7) is 14.9. The monoisotopic (exact) mass is 492 g/mol. The van der Waals surface area contributed by atoms with Gasteiger partial charge < -0.3 is 20.9 Å². The predicted molar refractivity (Wildman–Crippen MR) is 149 cm³/mol. The molecule has 0 bridgehead atoms. The van der Waals surface area contributed by atoms with Gasteiger partial charge in [-0.05, 0) is 76.2 Å². The first-order valence-corrected chi connectivity index (χ1v) is 13.2. The van der Waals surface area contributed by atoms with Crippen molar-refractivity contribution in [1.29, 1.82) is 0 Å². The number of piperazine rings is 1. The van der Waals surface area contributed by atoms with E-state index in [1.54, 1.807) is 0 Å². The molecule has 0 atom stereocenters. The van der Waals surface area contributed by atoms with Gasteiger partial charge in [0.2, 0.25) is 5.78 Å². The molecule has 0 radical (unpaired) electrons. The molecule has 4 rings (SSSR count). The average Bonchev–Trinajstić information content (AvgIpc) is 3.25. The quantitative estimate of drug-likeness (QED) is 0.404. The van der Waals surface area contributed by atoms with E-state index >= 15 is 0 Å². The van der Waals surface area contributed by atoms with Crippen molar-refractivity contribution in [2.45, 2.75) is 33.7 Å². The van der Waals surface area contributed by atoms with Gasteiger partial charge in [-0.3, -0.25) is 9.69 Å². The first-order valence-electron chi connectivity index (χ1n) is 12.4. The number of nitrogen functional groups attached to an aromatic ring is 1. The lowest BCUT2D eigenvalue weighted by Crippen LogP contribution is -2.48. The largest absolute Gasteiger partial charge is 0.382 e. The van der Waals surface area contributed by atoms with Crippen LogP contribution in [0.3, 0.4) is 0 Å². The van der Waals surface area contributed by atoms with Crippen LogP contribution < -0.4 is 20.9 Å². The van der Waals surface area contributed by atoms with Crippen LogP contribution in [-0.2, 0) is 0 Å². The lowest BCUT2D eigenvalue weighted by molar-refractivity contribution is 0.104. The minimum atomic E-state index is -0.102. The van der Waals surface area contributed by atoms with Crippen LogP contribution in [0.1, 0.15) is 42.9 Å². The fourth-order valence-electron chi connectivity index (χ4n) is 4.47. The maximum Gasteiger partial charge on any atom is 0.206 e. The van der Waals surface area contributed by atoms with Gasteiger partial charge in [0.25, 0.3) is 0 Å². The van der Waals surface area contributed by atoms with E-state index in [-0.39, 0.29) is 11.6 Å². The van der Waals surface area contributed by atoms with Crippen LogP contribution >= 0.6 is 11.3 Å². The Balaban J connectivity index is 1.40. The summed E-state index contributed by atoms with van der Waals surface area (Å²) < 4.78 is 0. The highest BCUT2D eigenvalue weighted by atomic mass is 32.1. The molecular weight excluding hydrogens is 456 g/mol. The molecule has 7 nitrogen and oxygen atoms in total. The number of anilines is 5. The van der Waals surface area contributed by atoms with Crippen molar-refractivity contribution in [3.05, 3.63) is 59.0 Å². The van der Waals surface area contributed by atoms with Gasteiger partial charge in [-0.15, -0.1) is 0 Å². The Bertz CT molecular complexity index is 1110. The van der Waals surface area contributed by atoms with E-state index in [1.165, 1.54) is 17.0 Å². The number of carbonyl (C=O) groups excluding carboxylic acids is 1. The molecule has 1 fully saturated rings. The van der Waals surface area contributed by atoms with Crippen molar-refractivity contribution in [2.75, 3.05) is 60.1 Å². The summed E-state index contributed by atoms with van der Waals surface area (Å²) >= 11 is 1.29. The molecule has 35 heavy (non-hydrogen) atoms. The SMILES string of the molecule is CCN(CC)c1ccc(C(=O)c2sc(Nc3ccc(N4CCN(C(C)C)CC4)cc3)nc2N)cc1. The van der Waals surface area contributed by atoms with Crippen molar-refractivity contribution >= 4 is 45.1 Å². The second-order valence-corrected chi connectivity index (χ2v) is 10.1. The van der Waals surface area contributed by atoms with E-state index in [0.29, 0.717) is 21.6 Å². The van der Waals surface area contributed by atoms with Gasteiger partial charge in [-0.2, -0.15) is 0 Å². The Labute approximate surface area is 212 Å². The molecule has 1 saturated heterocycles. The number of nitrogens with one attached hydrogen (secondary N) is 1.